The van der Waals surface area contributed by atoms with Gasteiger partial charge in [0.1, 0.15) is 0 Å². The van der Waals surface area contributed by atoms with E-state index in [1.165, 1.54) is 7.05 Å². The molecule has 1 N–H and O–H groups in total. The highest BCUT2D eigenvalue weighted by Gasteiger charge is 2.41. The fourth-order valence-electron chi connectivity index (χ4n) is 1.12. The van der Waals surface area contributed by atoms with Gasteiger partial charge >= 0.3 is 5.97 Å². The molecule has 0 saturated carbocycles. The molecule has 1 aliphatic heterocycles. The summed E-state index contributed by atoms with van der Waals surface area (Å²) in [5.41, 5.74) is 0. The van der Waals surface area contributed by atoms with E-state index in [0.29, 0.717) is 0 Å². The van der Waals surface area contributed by atoms with Crippen LogP contribution in [0.15, 0.2) is 0 Å². The number of carbonyl (C=O) groups excluding carboxylic acids is 2. The van der Waals surface area contributed by atoms with Crippen LogP contribution in [0.5, 0.6) is 0 Å². The predicted octanol–water partition coefficient (Wildman–Crippen LogP) is -0.199. The van der Waals surface area contributed by atoms with Crippen molar-refractivity contribution < 1.29 is 19.1 Å². The molecule has 0 spiro atoms. The highest BCUT2D eigenvalue weighted by atomic mass is 16.8. The lowest BCUT2D eigenvalue weighted by Crippen LogP contribution is -2.28. The summed E-state index contributed by atoms with van der Waals surface area (Å²) in [6.45, 7) is 3.27. The fourth-order valence-corrected chi connectivity index (χ4v) is 1.12. The van der Waals surface area contributed by atoms with E-state index in [2.05, 4.69) is 5.32 Å². The summed E-state index contributed by atoms with van der Waals surface area (Å²) in [7, 11) is 1.51. The zero-order valence-electron chi connectivity index (χ0n) is 7.92. The Bertz CT molecular complexity index is 236. The summed E-state index contributed by atoms with van der Waals surface area (Å²) < 4.78 is 10.1. The number of esters is 1. The molecule has 1 rings (SSSR count). The zero-order valence-corrected chi connectivity index (χ0v) is 7.92. The molecular formula is C8H13NO4. The van der Waals surface area contributed by atoms with Crippen molar-refractivity contribution in [3.05, 3.63) is 0 Å². The van der Waals surface area contributed by atoms with Crippen molar-refractivity contribution in [1.82, 2.24) is 5.32 Å². The Morgan fingerprint density at radius 1 is 1.62 bits per heavy atom. The average Bonchev–Trinajstić information content (AvgIpc) is 2.24. The first kappa shape index (κ1) is 9.98. The van der Waals surface area contributed by atoms with Gasteiger partial charge in [-0.1, -0.05) is 0 Å². The minimum absolute atomic E-state index is 0.0127. The summed E-state index contributed by atoms with van der Waals surface area (Å²) in [5.74, 6) is -1.62. The molecule has 1 atom stereocenters. The first-order valence-corrected chi connectivity index (χ1v) is 4.06. The van der Waals surface area contributed by atoms with Crippen molar-refractivity contribution in [1.29, 1.82) is 0 Å². The molecule has 0 aromatic heterocycles. The second kappa shape index (κ2) is 3.33. The summed E-state index contributed by atoms with van der Waals surface area (Å²) >= 11 is 0. The van der Waals surface area contributed by atoms with Gasteiger partial charge in [-0.05, 0) is 0 Å². The molecule has 0 aromatic carbocycles. The van der Waals surface area contributed by atoms with E-state index in [4.69, 9.17) is 9.47 Å². The number of rotatable bonds is 2. The van der Waals surface area contributed by atoms with Gasteiger partial charge < -0.3 is 14.8 Å². The van der Waals surface area contributed by atoms with E-state index in [-0.39, 0.29) is 12.3 Å². The van der Waals surface area contributed by atoms with Crippen molar-refractivity contribution in [2.24, 2.45) is 0 Å². The largest absolute Gasteiger partial charge is 0.432 e. The number of cyclic esters (lactones) is 1. The van der Waals surface area contributed by atoms with Crippen LogP contribution in [0, 0.1) is 0 Å². The highest BCUT2D eigenvalue weighted by molar-refractivity contribution is 5.85. The van der Waals surface area contributed by atoms with Crippen LogP contribution in [0.3, 0.4) is 0 Å². The molecule has 1 saturated heterocycles. The van der Waals surface area contributed by atoms with Crippen molar-refractivity contribution in [3.8, 4) is 0 Å². The van der Waals surface area contributed by atoms with Gasteiger partial charge in [0.2, 0.25) is 11.7 Å². The number of ether oxygens (including phenoxy) is 2. The third-order valence-electron chi connectivity index (χ3n) is 1.68. The van der Waals surface area contributed by atoms with Crippen LogP contribution in [-0.4, -0.2) is 30.8 Å². The Balaban J connectivity index is 2.54. The minimum atomic E-state index is -0.907. The molecule has 0 aliphatic carbocycles. The van der Waals surface area contributed by atoms with Gasteiger partial charge in [0, 0.05) is 20.9 Å². The summed E-state index contributed by atoms with van der Waals surface area (Å²) in [5, 5.41) is 2.41. The zero-order chi connectivity index (χ0) is 10.1. The highest BCUT2D eigenvalue weighted by Crippen LogP contribution is 2.25. The monoisotopic (exact) mass is 187 g/mol. The molecule has 0 aromatic rings. The average molecular weight is 187 g/mol. The molecule has 0 unspecified atom stereocenters. The van der Waals surface area contributed by atoms with Crippen LogP contribution < -0.4 is 5.32 Å². The smallest absolute Gasteiger partial charge is 0.338 e. The lowest BCUT2D eigenvalue weighted by molar-refractivity contribution is -0.160. The molecule has 13 heavy (non-hydrogen) atoms. The Morgan fingerprint density at radius 2 is 2.23 bits per heavy atom. The third-order valence-corrected chi connectivity index (χ3v) is 1.68. The summed E-state index contributed by atoms with van der Waals surface area (Å²) in [4.78, 5) is 22.0. The Kier molecular flexibility index (Phi) is 2.56. The molecule has 1 aliphatic rings. The number of carbonyl (C=O) groups is 2. The molecule has 74 valence electrons. The van der Waals surface area contributed by atoms with Gasteiger partial charge in [-0.15, -0.1) is 0 Å². The van der Waals surface area contributed by atoms with E-state index >= 15 is 0 Å². The van der Waals surface area contributed by atoms with Gasteiger partial charge in [0.05, 0.1) is 6.42 Å². The summed E-state index contributed by atoms with van der Waals surface area (Å²) in [6.07, 6.45) is -0.756. The molecular weight excluding hydrogens is 174 g/mol. The third kappa shape index (κ3) is 2.42. The van der Waals surface area contributed by atoms with E-state index in [1.54, 1.807) is 13.8 Å². The van der Waals surface area contributed by atoms with Crippen LogP contribution >= 0.6 is 0 Å². The Morgan fingerprint density at radius 3 is 2.62 bits per heavy atom. The van der Waals surface area contributed by atoms with Crippen molar-refractivity contribution in [3.63, 3.8) is 0 Å². The maximum absolute atomic E-state index is 11.1. The molecule has 5 nitrogen and oxygen atoms in total. The molecule has 0 radical (unpaired) electrons. The van der Waals surface area contributed by atoms with Crippen LogP contribution in [0.2, 0.25) is 0 Å². The summed E-state index contributed by atoms with van der Waals surface area (Å²) in [6, 6.07) is 0. The second-order valence-electron chi connectivity index (χ2n) is 3.30. The SMILES string of the molecule is CNC(=O)C[C@@H]1OC(C)(C)OC1=O. The lowest BCUT2D eigenvalue weighted by Gasteiger charge is -2.14. The normalized spacial score (nSPS) is 25.5. The second-order valence-corrected chi connectivity index (χ2v) is 3.30. The van der Waals surface area contributed by atoms with Gasteiger partial charge in [-0.3, -0.25) is 4.79 Å². The Hall–Kier alpha value is -1.10. The van der Waals surface area contributed by atoms with Gasteiger partial charge in [-0.2, -0.15) is 0 Å². The van der Waals surface area contributed by atoms with Crippen LogP contribution in [0.4, 0.5) is 0 Å². The fraction of sp³-hybridized carbons (Fsp3) is 0.750. The van der Waals surface area contributed by atoms with Gasteiger partial charge in [0.15, 0.2) is 6.10 Å². The minimum Gasteiger partial charge on any atom is -0.432 e. The van der Waals surface area contributed by atoms with Crippen molar-refractivity contribution >= 4 is 11.9 Å². The van der Waals surface area contributed by atoms with Gasteiger partial charge in [0.25, 0.3) is 0 Å². The lowest BCUT2D eigenvalue weighted by atomic mass is 10.2. The van der Waals surface area contributed by atoms with Crippen molar-refractivity contribution in [2.45, 2.75) is 32.2 Å². The van der Waals surface area contributed by atoms with E-state index in [9.17, 15) is 9.59 Å². The topological polar surface area (TPSA) is 64.6 Å². The van der Waals surface area contributed by atoms with E-state index in [0.717, 1.165) is 0 Å². The van der Waals surface area contributed by atoms with Crippen LogP contribution in [-0.2, 0) is 19.1 Å². The number of hydrogen-bond donors (Lipinski definition) is 1. The number of hydrogen-bond acceptors (Lipinski definition) is 4. The molecule has 0 bridgehead atoms. The van der Waals surface area contributed by atoms with E-state index in [1.807, 2.05) is 0 Å². The molecule has 5 heteroatoms. The first-order valence-electron chi connectivity index (χ1n) is 4.06. The predicted molar refractivity (Wildman–Crippen MR) is 43.7 cm³/mol. The molecule has 1 fully saturated rings. The van der Waals surface area contributed by atoms with Crippen LogP contribution in [0.1, 0.15) is 20.3 Å². The maximum atomic E-state index is 11.1. The Labute approximate surface area is 76.4 Å². The number of nitrogens with one attached hydrogen (secondary N) is 1. The first-order chi connectivity index (χ1) is 5.94. The van der Waals surface area contributed by atoms with Crippen molar-refractivity contribution in [2.75, 3.05) is 7.05 Å². The van der Waals surface area contributed by atoms with Gasteiger partial charge in [-0.25, -0.2) is 4.79 Å². The standard InChI is InChI=1S/C8H13NO4/c1-8(2)12-5(7(11)13-8)4-6(10)9-3/h5H,4H2,1-3H3,(H,9,10)/t5-/m0/s1. The maximum Gasteiger partial charge on any atom is 0.338 e. The molecule has 1 heterocycles. The van der Waals surface area contributed by atoms with Crippen LogP contribution in [0.25, 0.3) is 0 Å². The molecule has 1 amide bonds. The van der Waals surface area contributed by atoms with E-state index < -0.39 is 17.9 Å². The number of amides is 1. The quantitative estimate of drug-likeness (QED) is 0.608.